The van der Waals surface area contributed by atoms with Crippen LogP contribution in [0.4, 0.5) is 15.9 Å². The standard InChI is InChI=1S/C14H15FN4O/c1-2-7-17-13-9-16-8-12(18-13)14(20)19-11-6-4-3-5-10(11)15/h3-6,8-9H,2,7H2,1H3,(H,17,18)(H,19,20). The number of hydrogen-bond acceptors (Lipinski definition) is 4. The lowest BCUT2D eigenvalue weighted by atomic mass is 10.3. The van der Waals surface area contributed by atoms with E-state index in [0.29, 0.717) is 5.82 Å². The Morgan fingerprint density at radius 3 is 2.85 bits per heavy atom. The number of hydrogen-bond donors (Lipinski definition) is 2. The number of halogens is 1. The lowest BCUT2D eigenvalue weighted by Crippen LogP contribution is -2.16. The Morgan fingerprint density at radius 1 is 1.30 bits per heavy atom. The number of carbonyl (C=O) groups excluding carboxylic acids is 1. The van der Waals surface area contributed by atoms with E-state index < -0.39 is 11.7 Å². The van der Waals surface area contributed by atoms with Crippen molar-refractivity contribution in [3.8, 4) is 0 Å². The summed E-state index contributed by atoms with van der Waals surface area (Å²) in [5.41, 5.74) is 0.251. The van der Waals surface area contributed by atoms with Gasteiger partial charge in [-0.3, -0.25) is 9.78 Å². The smallest absolute Gasteiger partial charge is 0.276 e. The summed E-state index contributed by atoms with van der Waals surface area (Å²) in [6.45, 7) is 2.77. The molecular formula is C14H15FN4O. The summed E-state index contributed by atoms with van der Waals surface area (Å²) in [5.74, 6) is -0.468. The molecule has 0 saturated heterocycles. The summed E-state index contributed by atoms with van der Waals surface area (Å²) in [7, 11) is 0. The molecule has 0 unspecified atom stereocenters. The van der Waals surface area contributed by atoms with Crippen LogP contribution in [-0.4, -0.2) is 22.4 Å². The van der Waals surface area contributed by atoms with Gasteiger partial charge in [0.05, 0.1) is 18.1 Å². The molecule has 0 aliphatic carbocycles. The van der Waals surface area contributed by atoms with Crippen molar-refractivity contribution in [1.29, 1.82) is 0 Å². The van der Waals surface area contributed by atoms with Gasteiger partial charge in [-0.15, -0.1) is 0 Å². The van der Waals surface area contributed by atoms with Crippen LogP contribution in [0, 0.1) is 5.82 Å². The number of anilines is 2. The molecular weight excluding hydrogens is 259 g/mol. The average Bonchev–Trinajstić information content (AvgIpc) is 2.48. The summed E-state index contributed by atoms with van der Waals surface area (Å²) in [6, 6.07) is 5.96. The second-order valence-electron chi connectivity index (χ2n) is 4.15. The van der Waals surface area contributed by atoms with Gasteiger partial charge in [-0.1, -0.05) is 19.1 Å². The highest BCUT2D eigenvalue weighted by Crippen LogP contribution is 2.13. The van der Waals surface area contributed by atoms with Crippen LogP contribution in [0.5, 0.6) is 0 Å². The van der Waals surface area contributed by atoms with Crippen molar-refractivity contribution in [3.63, 3.8) is 0 Å². The second-order valence-corrected chi connectivity index (χ2v) is 4.15. The predicted molar refractivity (Wildman–Crippen MR) is 75.2 cm³/mol. The third-order valence-electron chi connectivity index (χ3n) is 2.55. The fourth-order valence-electron chi connectivity index (χ4n) is 1.56. The van der Waals surface area contributed by atoms with Gasteiger partial charge < -0.3 is 10.6 Å². The SMILES string of the molecule is CCCNc1cncc(C(=O)Nc2ccccc2F)n1. The van der Waals surface area contributed by atoms with Gasteiger partial charge in [0.1, 0.15) is 17.3 Å². The van der Waals surface area contributed by atoms with Crippen LogP contribution in [0.3, 0.4) is 0 Å². The number of amides is 1. The first-order chi connectivity index (χ1) is 9.70. The van der Waals surface area contributed by atoms with E-state index >= 15 is 0 Å². The summed E-state index contributed by atoms with van der Waals surface area (Å²) in [5, 5.41) is 5.50. The molecule has 2 rings (SSSR count). The molecule has 6 heteroatoms. The van der Waals surface area contributed by atoms with Crippen molar-refractivity contribution in [3.05, 3.63) is 48.2 Å². The molecule has 1 amide bonds. The van der Waals surface area contributed by atoms with Gasteiger partial charge in [0.2, 0.25) is 0 Å². The molecule has 1 heterocycles. The highest BCUT2D eigenvalue weighted by Gasteiger charge is 2.11. The van der Waals surface area contributed by atoms with E-state index in [4.69, 9.17) is 0 Å². The number of aromatic nitrogens is 2. The summed E-state index contributed by atoms with van der Waals surface area (Å²) in [6.07, 6.45) is 3.82. The third kappa shape index (κ3) is 3.50. The molecule has 0 aliphatic rings. The molecule has 1 aromatic carbocycles. The van der Waals surface area contributed by atoms with Crippen LogP contribution in [0.25, 0.3) is 0 Å². The van der Waals surface area contributed by atoms with Gasteiger partial charge in [-0.2, -0.15) is 0 Å². The van der Waals surface area contributed by atoms with Crippen molar-refractivity contribution >= 4 is 17.4 Å². The highest BCUT2D eigenvalue weighted by molar-refractivity contribution is 6.02. The first kappa shape index (κ1) is 13.9. The minimum atomic E-state index is -0.497. The molecule has 0 fully saturated rings. The Hall–Kier alpha value is -2.50. The Labute approximate surface area is 116 Å². The molecule has 0 spiro atoms. The van der Waals surface area contributed by atoms with E-state index in [2.05, 4.69) is 20.6 Å². The van der Waals surface area contributed by atoms with Gasteiger partial charge in [0.15, 0.2) is 0 Å². The number of benzene rings is 1. The van der Waals surface area contributed by atoms with E-state index in [0.717, 1.165) is 13.0 Å². The topological polar surface area (TPSA) is 66.9 Å². The van der Waals surface area contributed by atoms with Gasteiger partial charge in [0.25, 0.3) is 5.91 Å². The zero-order chi connectivity index (χ0) is 14.4. The molecule has 0 bridgehead atoms. The van der Waals surface area contributed by atoms with Crippen molar-refractivity contribution < 1.29 is 9.18 Å². The van der Waals surface area contributed by atoms with E-state index in [1.54, 1.807) is 12.1 Å². The summed E-state index contributed by atoms with van der Waals surface area (Å²) in [4.78, 5) is 20.1. The molecule has 2 aromatic rings. The molecule has 5 nitrogen and oxygen atoms in total. The number of carbonyl (C=O) groups is 1. The van der Waals surface area contributed by atoms with Crippen LogP contribution in [-0.2, 0) is 0 Å². The molecule has 2 N–H and O–H groups in total. The summed E-state index contributed by atoms with van der Waals surface area (Å²) >= 11 is 0. The third-order valence-corrected chi connectivity index (χ3v) is 2.55. The van der Waals surface area contributed by atoms with Gasteiger partial charge in [0, 0.05) is 6.54 Å². The van der Waals surface area contributed by atoms with Crippen molar-refractivity contribution in [2.45, 2.75) is 13.3 Å². The largest absolute Gasteiger partial charge is 0.369 e. The lowest BCUT2D eigenvalue weighted by Gasteiger charge is -2.07. The maximum absolute atomic E-state index is 13.4. The monoisotopic (exact) mass is 274 g/mol. The second kappa shape index (κ2) is 6.60. The van der Waals surface area contributed by atoms with Crippen LogP contribution < -0.4 is 10.6 Å². The first-order valence-electron chi connectivity index (χ1n) is 6.32. The maximum atomic E-state index is 13.4. The number of para-hydroxylation sites is 1. The van der Waals surface area contributed by atoms with Crippen molar-refractivity contribution in [2.24, 2.45) is 0 Å². The zero-order valence-electron chi connectivity index (χ0n) is 11.1. The highest BCUT2D eigenvalue weighted by atomic mass is 19.1. The van der Waals surface area contributed by atoms with E-state index in [1.165, 1.54) is 24.5 Å². The van der Waals surface area contributed by atoms with Crippen LogP contribution in [0.1, 0.15) is 23.8 Å². The molecule has 0 radical (unpaired) electrons. The Kier molecular flexibility index (Phi) is 4.60. The van der Waals surface area contributed by atoms with Gasteiger partial charge in [-0.05, 0) is 18.6 Å². The van der Waals surface area contributed by atoms with Crippen molar-refractivity contribution in [2.75, 3.05) is 17.2 Å². The molecule has 20 heavy (non-hydrogen) atoms. The molecule has 1 aromatic heterocycles. The normalized spacial score (nSPS) is 10.1. The average molecular weight is 274 g/mol. The molecule has 0 atom stereocenters. The summed E-state index contributed by atoms with van der Waals surface area (Å²) < 4.78 is 13.4. The fraction of sp³-hybridized carbons (Fsp3) is 0.214. The number of nitrogens with one attached hydrogen (secondary N) is 2. The quantitative estimate of drug-likeness (QED) is 0.879. The van der Waals surface area contributed by atoms with Gasteiger partial charge >= 0.3 is 0 Å². The maximum Gasteiger partial charge on any atom is 0.276 e. The first-order valence-corrected chi connectivity index (χ1v) is 6.32. The molecule has 0 saturated carbocycles. The number of rotatable bonds is 5. The van der Waals surface area contributed by atoms with E-state index in [9.17, 15) is 9.18 Å². The van der Waals surface area contributed by atoms with Crippen molar-refractivity contribution in [1.82, 2.24) is 9.97 Å². The number of nitrogens with zero attached hydrogens (tertiary/aromatic N) is 2. The van der Waals surface area contributed by atoms with Crippen LogP contribution in [0.15, 0.2) is 36.7 Å². The van der Waals surface area contributed by atoms with E-state index in [-0.39, 0.29) is 11.4 Å². The fourth-order valence-corrected chi connectivity index (χ4v) is 1.56. The Balaban J connectivity index is 2.11. The zero-order valence-corrected chi connectivity index (χ0v) is 11.1. The minimum Gasteiger partial charge on any atom is -0.369 e. The van der Waals surface area contributed by atoms with Gasteiger partial charge in [-0.25, -0.2) is 9.37 Å². The lowest BCUT2D eigenvalue weighted by molar-refractivity contribution is 0.102. The molecule has 0 aliphatic heterocycles. The Bertz CT molecular complexity index is 603. The minimum absolute atomic E-state index is 0.117. The Morgan fingerprint density at radius 2 is 2.10 bits per heavy atom. The van der Waals surface area contributed by atoms with Crippen LogP contribution >= 0.6 is 0 Å². The van der Waals surface area contributed by atoms with Crippen LogP contribution in [0.2, 0.25) is 0 Å². The predicted octanol–water partition coefficient (Wildman–Crippen LogP) is 2.69. The van der Waals surface area contributed by atoms with E-state index in [1.807, 2.05) is 6.92 Å². The molecule has 104 valence electrons.